The predicted molar refractivity (Wildman–Crippen MR) is 107 cm³/mol. The molecule has 0 aliphatic rings. The molecule has 1 N–H and O–H groups in total. The Morgan fingerprint density at radius 2 is 1.68 bits per heavy atom. The first-order valence-corrected chi connectivity index (χ1v) is 9.12. The third kappa shape index (κ3) is 5.33. The minimum atomic E-state index is -0.325. The molecule has 144 valence electrons. The molecule has 3 aromatic carbocycles. The minimum absolute atomic E-state index is 0.262. The van der Waals surface area contributed by atoms with Gasteiger partial charge in [-0.1, -0.05) is 30.3 Å². The van der Waals surface area contributed by atoms with E-state index in [1.165, 1.54) is 12.1 Å². The molecule has 4 nitrogen and oxygen atoms in total. The van der Waals surface area contributed by atoms with E-state index in [1.54, 1.807) is 31.2 Å². The van der Waals surface area contributed by atoms with Gasteiger partial charge >= 0.3 is 5.97 Å². The first kappa shape index (κ1) is 19.4. The molecule has 3 rings (SSSR count). The molecular weight excluding hydrogens is 357 g/mol. The van der Waals surface area contributed by atoms with Crippen molar-refractivity contribution in [2.24, 2.45) is 0 Å². The first-order chi connectivity index (χ1) is 13.7. The molecule has 0 aromatic heterocycles. The number of rotatable bonds is 8. The normalized spacial score (nSPS) is 10.4. The van der Waals surface area contributed by atoms with Gasteiger partial charge in [-0.3, -0.25) is 0 Å². The summed E-state index contributed by atoms with van der Waals surface area (Å²) in [5.41, 5.74) is 3.31. The van der Waals surface area contributed by atoms with E-state index in [0.717, 1.165) is 22.6 Å². The standard InChI is InChI=1S/C23H22FNO3/c1-2-27-23(26)18-9-13-21(14-10-18)25-15-19-5-3-4-6-22(19)28-16-17-7-11-20(24)12-8-17/h3-14,25H,2,15-16H2,1H3. The van der Waals surface area contributed by atoms with Crippen LogP contribution in [0.1, 0.15) is 28.4 Å². The van der Waals surface area contributed by atoms with Crippen LogP contribution >= 0.6 is 0 Å². The minimum Gasteiger partial charge on any atom is -0.489 e. The largest absolute Gasteiger partial charge is 0.489 e. The Hall–Kier alpha value is -3.34. The lowest BCUT2D eigenvalue weighted by Crippen LogP contribution is -2.06. The Kier molecular flexibility index (Phi) is 6.63. The van der Waals surface area contributed by atoms with Crippen molar-refractivity contribution in [3.63, 3.8) is 0 Å². The molecule has 0 aliphatic carbocycles. The molecule has 0 bridgehead atoms. The number of benzene rings is 3. The Morgan fingerprint density at radius 1 is 0.964 bits per heavy atom. The fraction of sp³-hybridized carbons (Fsp3) is 0.174. The van der Waals surface area contributed by atoms with Gasteiger partial charge in [-0.05, 0) is 55.0 Å². The van der Waals surface area contributed by atoms with Gasteiger partial charge in [0.2, 0.25) is 0 Å². The summed E-state index contributed by atoms with van der Waals surface area (Å²) in [5.74, 6) is 0.179. The lowest BCUT2D eigenvalue weighted by Gasteiger charge is -2.13. The maximum Gasteiger partial charge on any atom is 0.338 e. The molecular formula is C23H22FNO3. The van der Waals surface area contributed by atoms with Crippen LogP contribution < -0.4 is 10.1 Å². The lowest BCUT2D eigenvalue weighted by atomic mass is 10.1. The van der Waals surface area contributed by atoms with Crippen molar-refractivity contribution in [1.82, 2.24) is 0 Å². The highest BCUT2D eigenvalue weighted by molar-refractivity contribution is 5.89. The summed E-state index contributed by atoms with van der Waals surface area (Å²) in [6.45, 7) is 3.07. The zero-order chi connectivity index (χ0) is 19.8. The number of anilines is 1. The number of esters is 1. The van der Waals surface area contributed by atoms with Crippen LogP contribution in [0.15, 0.2) is 72.8 Å². The van der Waals surface area contributed by atoms with Gasteiger partial charge in [0.05, 0.1) is 12.2 Å². The fourth-order valence-corrected chi connectivity index (χ4v) is 2.67. The first-order valence-electron chi connectivity index (χ1n) is 9.12. The molecule has 5 heteroatoms. The second-order valence-corrected chi connectivity index (χ2v) is 6.17. The monoisotopic (exact) mass is 379 g/mol. The van der Waals surface area contributed by atoms with Gasteiger partial charge in [-0.2, -0.15) is 0 Å². The summed E-state index contributed by atoms with van der Waals surface area (Å²) < 4.78 is 23.9. The van der Waals surface area contributed by atoms with E-state index in [2.05, 4.69) is 5.32 Å². The molecule has 0 aliphatic heterocycles. The second-order valence-electron chi connectivity index (χ2n) is 6.17. The third-order valence-corrected chi connectivity index (χ3v) is 4.16. The molecule has 0 fully saturated rings. The summed E-state index contributed by atoms with van der Waals surface area (Å²) in [4.78, 5) is 11.7. The average molecular weight is 379 g/mol. The Bertz CT molecular complexity index is 908. The lowest BCUT2D eigenvalue weighted by molar-refractivity contribution is 0.0526. The number of halogens is 1. The molecule has 0 saturated heterocycles. The van der Waals surface area contributed by atoms with Crippen molar-refractivity contribution in [2.45, 2.75) is 20.1 Å². The zero-order valence-electron chi connectivity index (χ0n) is 15.7. The molecule has 28 heavy (non-hydrogen) atoms. The molecule has 3 aromatic rings. The molecule has 0 atom stereocenters. The van der Waals surface area contributed by atoms with Crippen molar-refractivity contribution >= 4 is 11.7 Å². The van der Waals surface area contributed by atoms with E-state index in [4.69, 9.17) is 9.47 Å². The van der Waals surface area contributed by atoms with E-state index in [-0.39, 0.29) is 11.8 Å². The van der Waals surface area contributed by atoms with Gasteiger partial charge in [0.25, 0.3) is 0 Å². The maximum absolute atomic E-state index is 13.0. The smallest absolute Gasteiger partial charge is 0.338 e. The van der Waals surface area contributed by atoms with Crippen molar-refractivity contribution in [3.8, 4) is 5.75 Å². The summed E-state index contributed by atoms with van der Waals surface area (Å²) >= 11 is 0. The Balaban J connectivity index is 1.60. The van der Waals surface area contributed by atoms with Crippen LogP contribution in [0, 0.1) is 5.82 Å². The molecule has 0 spiro atoms. The van der Waals surface area contributed by atoms with Crippen molar-refractivity contribution < 1.29 is 18.7 Å². The van der Waals surface area contributed by atoms with Crippen molar-refractivity contribution in [1.29, 1.82) is 0 Å². The van der Waals surface area contributed by atoms with Gasteiger partial charge in [0.15, 0.2) is 0 Å². The van der Waals surface area contributed by atoms with E-state index >= 15 is 0 Å². The molecule has 0 saturated carbocycles. The van der Waals surface area contributed by atoms with E-state index in [1.807, 2.05) is 36.4 Å². The topological polar surface area (TPSA) is 47.6 Å². The van der Waals surface area contributed by atoms with Gasteiger partial charge in [0.1, 0.15) is 18.2 Å². The number of nitrogens with one attached hydrogen (secondary N) is 1. The summed E-state index contributed by atoms with van der Waals surface area (Å²) in [6, 6.07) is 21.2. The fourth-order valence-electron chi connectivity index (χ4n) is 2.67. The summed E-state index contributed by atoms with van der Waals surface area (Å²) in [7, 11) is 0. The Morgan fingerprint density at radius 3 is 2.39 bits per heavy atom. The highest BCUT2D eigenvalue weighted by atomic mass is 19.1. The van der Waals surface area contributed by atoms with Gasteiger partial charge in [-0.15, -0.1) is 0 Å². The highest BCUT2D eigenvalue weighted by Crippen LogP contribution is 2.21. The van der Waals surface area contributed by atoms with Gasteiger partial charge in [-0.25, -0.2) is 9.18 Å². The van der Waals surface area contributed by atoms with Crippen molar-refractivity contribution in [2.75, 3.05) is 11.9 Å². The van der Waals surface area contributed by atoms with Crippen LogP contribution in [-0.4, -0.2) is 12.6 Å². The molecule has 0 unspecified atom stereocenters. The third-order valence-electron chi connectivity index (χ3n) is 4.16. The predicted octanol–water partition coefficient (Wildman–Crippen LogP) is 5.19. The SMILES string of the molecule is CCOC(=O)c1ccc(NCc2ccccc2OCc2ccc(F)cc2)cc1. The maximum atomic E-state index is 13.0. The zero-order valence-corrected chi connectivity index (χ0v) is 15.7. The van der Waals surface area contributed by atoms with E-state index in [9.17, 15) is 9.18 Å². The molecule has 0 amide bonds. The summed E-state index contributed by atoms with van der Waals surface area (Å²) in [5, 5.41) is 3.32. The Labute approximate surface area is 163 Å². The second kappa shape index (κ2) is 9.55. The average Bonchev–Trinajstić information content (AvgIpc) is 2.73. The van der Waals surface area contributed by atoms with E-state index < -0.39 is 0 Å². The highest BCUT2D eigenvalue weighted by Gasteiger charge is 2.07. The molecule has 0 radical (unpaired) electrons. The van der Waals surface area contributed by atoms with E-state index in [0.29, 0.717) is 25.3 Å². The van der Waals surface area contributed by atoms with Crippen LogP contribution in [0.5, 0.6) is 5.75 Å². The van der Waals surface area contributed by atoms with Gasteiger partial charge in [0, 0.05) is 17.8 Å². The summed E-state index contributed by atoms with van der Waals surface area (Å²) in [6.07, 6.45) is 0. The number of carbonyl (C=O) groups excluding carboxylic acids is 1. The number of carbonyl (C=O) groups is 1. The van der Waals surface area contributed by atoms with Crippen LogP contribution in [0.25, 0.3) is 0 Å². The van der Waals surface area contributed by atoms with Gasteiger partial charge < -0.3 is 14.8 Å². The number of hydrogen-bond donors (Lipinski definition) is 1. The van der Waals surface area contributed by atoms with Crippen molar-refractivity contribution in [3.05, 3.63) is 95.3 Å². The van der Waals surface area contributed by atoms with Crippen LogP contribution in [0.3, 0.4) is 0 Å². The van der Waals surface area contributed by atoms with Crippen LogP contribution in [0.4, 0.5) is 10.1 Å². The molecule has 0 heterocycles. The number of hydrogen-bond acceptors (Lipinski definition) is 4. The number of ether oxygens (including phenoxy) is 2. The van der Waals surface area contributed by atoms with Crippen LogP contribution in [-0.2, 0) is 17.9 Å². The number of para-hydroxylation sites is 1. The van der Waals surface area contributed by atoms with Crippen LogP contribution in [0.2, 0.25) is 0 Å². The quantitative estimate of drug-likeness (QED) is 0.547.